The highest BCUT2D eigenvalue weighted by atomic mass is 16.6. The van der Waals surface area contributed by atoms with E-state index in [0.29, 0.717) is 6.61 Å². The van der Waals surface area contributed by atoms with Crippen molar-refractivity contribution in [3.8, 4) is 5.75 Å². The monoisotopic (exact) mass is 224 g/mol. The van der Waals surface area contributed by atoms with Crippen molar-refractivity contribution in [3.63, 3.8) is 0 Å². The fourth-order valence-corrected chi connectivity index (χ4v) is 1.22. The number of esters is 1. The zero-order chi connectivity index (χ0) is 12.0. The number of hydrogen-bond donors (Lipinski definition) is 0. The van der Waals surface area contributed by atoms with E-state index in [1.54, 1.807) is 14.0 Å². The summed E-state index contributed by atoms with van der Waals surface area (Å²) in [6.45, 7) is 2.01. The number of methoxy groups -OCH3 is 2. The van der Waals surface area contributed by atoms with Crippen molar-refractivity contribution < 1.29 is 19.0 Å². The number of ether oxygens (including phenoxy) is 3. The maximum atomic E-state index is 11.1. The highest BCUT2D eigenvalue weighted by molar-refractivity contribution is 5.73. The molecule has 1 atom stereocenters. The Balaban J connectivity index is 2.51. The van der Waals surface area contributed by atoms with Gasteiger partial charge in [0.2, 0.25) is 0 Å². The molecule has 0 saturated carbocycles. The minimum atomic E-state index is -0.559. The Morgan fingerprint density at radius 3 is 2.75 bits per heavy atom. The second-order valence-corrected chi connectivity index (χ2v) is 3.33. The standard InChI is InChI=1S/C12H16O4/c1-9(12(13)15-3)16-8-10-5-4-6-11(7-10)14-2/h4-7,9H,8H2,1-3H3/t9-/m0/s1. The molecule has 0 saturated heterocycles. The minimum absolute atomic E-state index is 0.355. The predicted octanol–water partition coefficient (Wildman–Crippen LogP) is 1.77. The number of benzene rings is 1. The zero-order valence-corrected chi connectivity index (χ0v) is 9.73. The first-order valence-corrected chi connectivity index (χ1v) is 4.99. The molecule has 0 fully saturated rings. The lowest BCUT2D eigenvalue weighted by Gasteiger charge is -2.11. The van der Waals surface area contributed by atoms with Crippen LogP contribution >= 0.6 is 0 Å². The lowest BCUT2D eigenvalue weighted by Crippen LogP contribution is -2.21. The van der Waals surface area contributed by atoms with E-state index in [9.17, 15) is 4.79 Å². The molecule has 0 heterocycles. The summed E-state index contributed by atoms with van der Waals surface area (Å²) >= 11 is 0. The summed E-state index contributed by atoms with van der Waals surface area (Å²) < 4.78 is 15.0. The Bertz CT molecular complexity index is 349. The summed E-state index contributed by atoms with van der Waals surface area (Å²) in [4.78, 5) is 11.1. The summed E-state index contributed by atoms with van der Waals surface area (Å²) in [7, 11) is 2.95. The van der Waals surface area contributed by atoms with Gasteiger partial charge in [-0.3, -0.25) is 0 Å². The Labute approximate surface area is 95.1 Å². The van der Waals surface area contributed by atoms with Crippen LogP contribution in [0.3, 0.4) is 0 Å². The lowest BCUT2D eigenvalue weighted by molar-refractivity contribution is -0.153. The fraction of sp³-hybridized carbons (Fsp3) is 0.417. The Hall–Kier alpha value is -1.55. The molecule has 88 valence electrons. The van der Waals surface area contributed by atoms with E-state index in [0.717, 1.165) is 11.3 Å². The summed E-state index contributed by atoms with van der Waals surface area (Å²) in [5.41, 5.74) is 0.954. The van der Waals surface area contributed by atoms with Gasteiger partial charge >= 0.3 is 5.97 Å². The van der Waals surface area contributed by atoms with Crippen LogP contribution < -0.4 is 4.74 Å². The molecule has 0 aliphatic rings. The molecule has 4 nitrogen and oxygen atoms in total. The van der Waals surface area contributed by atoms with Gasteiger partial charge in [0, 0.05) is 0 Å². The van der Waals surface area contributed by atoms with Gasteiger partial charge in [0.05, 0.1) is 20.8 Å². The highest BCUT2D eigenvalue weighted by Gasteiger charge is 2.13. The van der Waals surface area contributed by atoms with Crippen LogP contribution in [0.15, 0.2) is 24.3 Å². The molecule has 0 aromatic heterocycles. The van der Waals surface area contributed by atoms with Crippen molar-refractivity contribution in [1.29, 1.82) is 0 Å². The highest BCUT2D eigenvalue weighted by Crippen LogP contribution is 2.13. The van der Waals surface area contributed by atoms with Crippen molar-refractivity contribution in [3.05, 3.63) is 29.8 Å². The van der Waals surface area contributed by atoms with Gasteiger partial charge in [-0.05, 0) is 24.6 Å². The molecule has 0 aliphatic heterocycles. The van der Waals surface area contributed by atoms with Crippen LogP contribution in [-0.4, -0.2) is 26.3 Å². The predicted molar refractivity (Wildman–Crippen MR) is 59.3 cm³/mol. The van der Waals surface area contributed by atoms with Crippen LogP contribution in [0.5, 0.6) is 5.75 Å². The maximum Gasteiger partial charge on any atom is 0.334 e. The van der Waals surface area contributed by atoms with E-state index in [-0.39, 0.29) is 5.97 Å². The second kappa shape index (κ2) is 6.12. The minimum Gasteiger partial charge on any atom is -0.497 e. The van der Waals surface area contributed by atoms with E-state index in [2.05, 4.69) is 4.74 Å². The van der Waals surface area contributed by atoms with Gasteiger partial charge in [0.1, 0.15) is 5.75 Å². The SMILES string of the molecule is COC(=O)[C@H](C)OCc1cccc(OC)c1. The van der Waals surface area contributed by atoms with Crippen molar-refractivity contribution >= 4 is 5.97 Å². The first-order chi connectivity index (χ1) is 7.67. The Morgan fingerprint density at radius 2 is 2.12 bits per heavy atom. The second-order valence-electron chi connectivity index (χ2n) is 3.33. The number of hydrogen-bond acceptors (Lipinski definition) is 4. The van der Waals surface area contributed by atoms with Crippen LogP contribution in [-0.2, 0) is 20.9 Å². The number of carbonyl (C=O) groups excluding carboxylic acids is 1. The van der Waals surface area contributed by atoms with E-state index < -0.39 is 6.10 Å². The fourth-order valence-electron chi connectivity index (χ4n) is 1.22. The average molecular weight is 224 g/mol. The van der Waals surface area contributed by atoms with Crippen LogP contribution in [0.4, 0.5) is 0 Å². The molecule has 0 bridgehead atoms. The Kier molecular flexibility index (Phi) is 4.79. The van der Waals surface area contributed by atoms with Gasteiger partial charge in [-0.2, -0.15) is 0 Å². The smallest absolute Gasteiger partial charge is 0.334 e. The first kappa shape index (κ1) is 12.5. The summed E-state index contributed by atoms with van der Waals surface area (Å²) in [6.07, 6.45) is -0.559. The lowest BCUT2D eigenvalue weighted by atomic mass is 10.2. The van der Waals surface area contributed by atoms with Crippen LogP contribution in [0.1, 0.15) is 12.5 Å². The molecule has 0 N–H and O–H groups in total. The normalized spacial score (nSPS) is 11.9. The summed E-state index contributed by atoms with van der Waals surface area (Å²) in [5.74, 6) is 0.398. The quantitative estimate of drug-likeness (QED) is 0.715. The molecular weight excluding hydrogens is 208 g/mol. The zero-order valence-electron chi connectivity index (χ0n) is 9.73. The van der Waals surface area contributed by atoms with Gasteiger partial charge in [0.15, 0.2) is 6.10 Å². The number of carbonyl (C=O) groups is 1. The topological polar surface area (TPSA) is 44.8 Å². The van der Waals surface area contributed by atoms with Crippen molar-refractivity contribution in [2.75, 3.05) is 14.2 Å². The number of rotatable bonds is 5. The molecule has 0 radical (unpaired) electrons. The van der Waals surface area contributed by atoms with Gasteiger partial charge < -0.3 is 14.2 Å². The largest absolute Gasteiger partial charge is 0.497 e. The molecular formula is C12H16O4. The summed E-state index contributed by atoms with van der Waals surface area (Å²) in [5, 5.41) is 0. The third kappa shape index (κ3) is 3.55. The van der Waals surface area contributed by atoms with Crippen LogP contribution in [0.2, 0.25) is 0 Å². The third-order valence-electron chi connectivity index (χ3n) is 2.17. The van der Waals surface area contributed by atoms with Crippen molar-refractivity contribution in [2.45, 2.75) is 19.6 Å². The Morgan fingerprint density at radius 1 is 1.38 bits per heavy atom. The molecule has 1 aromatic carbocycles. The molecule has 16 heavy (non-hydrogen) atoms. The van der Waals surface area contributed by atoms with E-state index in [1.165, 1.54) is 7.11 Å². The molecule has 0 unspecified atom stereocenters. The van der Waals surface area contributed by atoms with E-state index in [4.69, 9.17) is 9.47 Å². The van der Waals surface area contributed by atoms with E-state index in [1.807, 2.05) is 24.3 Å². The van der Waals surface area contributed by atoms with E-state index >= 15 is 0 Å². The van der Waals surface area contributed by atoms with Crippen molar-refractivity contribution in [2.24, 2.45) is 0 Å². The molecule has 0 spiro atoms. The van der Waals surface area contributed by atoms with Gasteiger partial charge in [-0.15, -0.1) is 0 Å². The van der Waals surface area contributed by atoms with Gasteiger partial charge in [-0.1, -0.05) is 12.1 Å². The molecule has 0 aliphatic carbocycles. The van der Waals surface area contributed by atoms with Crippen molar-refractivity contribution in [1.82, 2.24) is 0 Å². The first-order valence-electron chi connectivity index (χ1n) is 4.99. The molecule has 1 aromatic rings. The third-order valence-corrected chi connectivity index (χ3v) is 2.17. The average Bonchev–Trinajstić information content (AvgIpc) is 2.35. The maximum absolute atomic E-state index is 11.1. The molecule has 1 rings (SSSR count). The molecule has 0 amide bonds. The van der Waals surface area contributed by atoms with Gasteiger partial charge in [0.25, 0.3) is 0 Å². The molecule has 4 heteroatoms. The summed E-state index contributed by atoms with van der Waals surface area (Å²) in [6, 6.07) is 7.50. The van der Waals surface area contributed by atoms with Crippen LogP contribution in [0.25, 0.3) is 0 Å². The van der Waals surface area contributed by atoms with Crippen LogP contribution in [0, 0.1) is 0 Å². The van der Waals surface area contributed by atoms with Gasteiger partial charge in [-0.25, -0.2) is 4.79 Å².